The monoisotopic (exact) mass is 483 g/mol. The molecule has 0 spiro atoms. The van der Waals surface area contributed by atoms with E-state index in [0.29, 0.717) is 35.2 Å². The van der Waals surface area contributed by atoms with Crippen molar-refractivity contribution < 1.29 is 19.1 Å². The van der Waals surface area contributed by atoms with Crippen molar-refractivity contribution in [2.45, 2.75) is 12.5 Å². The Bertz CT molecular complexity index is 1150. The summed E-state index contributed by atoms with van der Waals surface area (Å²) in [5.74, 6) is -0.631. The molecule has 0 fully saturated rings. The van der Waals surface area contributed by atoms with Crippen LogP contribution in [0.3, 0.4) is 0 Å². The predicted octanol–water partition coefficient (Wildman–Crippen LogP) is 3.28. The molecule has 0 bridgehead atoms. The highest BCUT2D eigenvalue weighted by Gasteiger charge is 2.18. The molecule has 9 heteroatoms. The van der Waals surface area contributed by atoms with E-state index in [9.17, 15) is 14.4 Å². The van der Waals surface area contributed by atoms with Gasteiger partial charge in [-0.2, -0.15) is 0 Å². The molecule has 1 atom stereocenters. The number of hydrogen-bond donors (Lipinski definition) is 2. The molecule has 0 aliphatic heterocycles. The summed E-state index contributed by atoms with van der Waals surface area (Å²) in [6, 6.07) is 17.7. The maximum atomic E-state index is 12.8. The minimum absolute atomic E-state index is 0.0127. The summed E-state index contributed by atoms with van der Waals surface area (Å²) >= 11 is 5.88. The zero-order valence-corrected chi connectivity index (χ0v) is 19.5. The average Bonchev–Trinajstić information content (AvgIpc) is 2.83. The summed E-state index contributed by atoms with van der Waals surface area (Å²) in [5, 5.41) is 6.20. The second-order valence-electron chi connectivity index (χ2n) is 7.45. The number of aromatic nitrogens is 1. The molecule has 34 heavy (non-hydrogen) atoms. The Morgan fingerprint density at radius 3 is 2.41 bits per heavy atom. The quantitative estimate of drug-likeness (QED) is 0.408. The Kier molecular flexibility index (Phi) is 9.40. The highest BCUT2D eigenvalue weighted by atomic mass is 35.5. The molecule has 2 aromatic carbocycles. The summed E-state index contributed by atoms with van der Waals surface area (Å²) in [7, 11) is 1.56. The lowest BCUT2D eigenvalue weighted by atomic mass is 10.1. The SMILES string of the molecule is COCCOCC(CC(=O)Nc1ccc(Cl)cc1)NC(=O)c1ccc(-n2ccccc2=O)cc1. The predicted molar refractivity (Wildman–Crippen MR) is 131 cm³/mol. The van der Waals surface area contributed by atoms with Crippen LogP contribution < -0.4 is 16.2 Å². The van der Waals surface area contributed by atoms with E-state index in [0.717, 1.165) is 0 Å². The number of methoxy groups -OCH3 is 1. The van der Waals surface area contributed by atoms with Crippen LogP contribution in [0.15, 0.2) is 77.7 Å². The number of hydrogen-bond acceptors (Lipinski definition) is 5. The third-order valence-corrected chi connectivity index (χ3v) is 5.13. The highest BCUT2D eigenvalue weighted by molar-refractivity contribution is 6.30. The van der Waals surface area contributed by atoms with E-state index in [-0.39, 0.29) is 30.4 Å². The molecule has 1 aromatic heterocycles. The first-order chi connectivity index (χ1) is 16.5. The van der Waals surface area contributed by atoms with E-state index >= 15 is 0 Å². The first kappa shape index (κ1) is 25.2. The van der Waals surface area contributed by atoms with Gasteiger partial charge < -0.3 is 20.1 Å². The molecule has 178 valence electrons. The fraction of sp³-hybridized carbons (Fsp3) is 0.240. The Hall–Kier alpha value is -3.46. The first-order valence-corrected chi connectivity index (χ1v) is 11.0. The Morgan fingerprint density at radius 2 is 1.74 bits per heavy atom. The van der Waals surface area contributed by atoms with Crippen LogP contribution in [0.2, 0.25) is 5.02 Å². The van der Waals surface area contributed by atoms with Crippen molar-refractivity contribution in [3.8, 4) is 5.69 Å². The molecule has 1 heterocycles. The smallest absolute Gasteiger partial charge is 0.255 e. The van der Waals surface area contributed by atoms with Crippen molar-refractivity contribution >= 4 is 29.1 Å². The van der Waals surface area contributed by atoms with Gasteiger partial charge in [0.25, 0.3) is 11.5 Å². The lowest BCUT2D eigenvalue weighted by molar-refractivity contribution is -0.117. The summed E-state index contributed by atoms with van der Waals surface area (Å²) in [5.41, 5.74) is 1.47. The van der Waals surface area contributed by atoms with Crippen LogP contribution in [0, 0.1) is 0 Å². The van der Waals surface area contributed by atoms with Gasteiger partial charge in [-0.05, 0) is 54.6 Å². The molecule has 0 saturated heterocycles. The van der Waals surface area contributed by atoms with Crippen molar-refractivity contribution in [2.75, 3.05) is 32.2 Å². The Balaban J connectivity index is 1.65. The molecule has 0 aliphatic carbocycles. The van der Waals surface area contributed by atoms with Crippen molar-refractivity contribution in [3.05, 3.63) is 93.9 Å². The minimum Gasteiger partial charge on any atom is -0.382 e. The Morgan fingerprint density at radius 1 is 1.00 bits per heavy atom. The summed E-state index contributed by atoms with van der Waals surface area (Å²) < 4.78 is 12.0. The maximum Gasteiger partial charge on any atom is 0.255 e. The van der Waals surface area contributed by atoms with E-state index in [1.807, 2.05) is 0 Å². The zero-order valence-electron chi connectivity index (χ0n) is 18.7. The molecule has 2 amide bonds. The second kappa shape index (κ2) is 12.7. The minimum atomic E-state index is -0.562. The number of carbonyl (C=O) groups is 2. The van der Waals surface area contributed by atoms with Crippen LogP contribution in [-0.2, 0) is 14.3 Å². The molecule has 3 aromatic rings. The van der Waals surface area contributed by atoms with Gasteiger partial charge in [0.15, 0.2) is 0 Å². The van der Waals surface area contributed by atoms with Gasteiger partial charge in [0.2, 0.25) is 5.91 Å². The van der Waals surface area contributed by atoms with Gasteiger partial charge in [-0.1, -0.05) is 17.7 Å². The second-order valence-corrected chi connectivity index (χ2v) is 7.89. The number of nitrogens with zero attached hydrogens (tertiary/aromatic N) is 1. The zero-order chi connectivity index (χ0) is 24.3. The van der Waals surface area contributed by atoms with Gasteiger partial charge in [-0.25, -0.2) is 0 Å². The number of nitrogens with one attached hydrogen (secondary N) is 2. The molecule has 0 aliphatic rings. The van der Waals surface area contributed by atoms with Crippen LogP contribution in [0.4, 0.5) is 5.69 Å². The standard InChI is InChI=1S/C25H26ClN3O5/c1-33-14-15-34-17-21(16-23(30)27-20-9-7-19(26)8-10-20)28-25(32)18-5-11-22(12-6-18)29-13-3-2-4-24(29)31/h2-13,21H,14-17H2,1H3,(H,27,30)(H,28,32). The number of benzene rings is 2. The van der Waals surface area contributed by atoms with Gasteiger partial charge in [0.1, 0.15) is 0 Å². The first-order valence-electron chi connectivity index (χ1n) is 10.7. The Labute approximate surface area is 202 Å². The molecule has 2 N–H and O–H groups in total. The third-order valence-electron chi connectivity index (χ3n) is 4.88. The molecular formula is C25H26ClN3O5. The molecule has 0 radical (unpaired) electrons. The van der Waals surface area contributed by atoms with Crippen molar-refractivity contribution in [2.24, 2.45) is 0 Å². The van der Waals surface area contributed by atoms with Gasteiger partial charge >= 0.3 is 0 Å². The topological polar surface area (TPSA) is 98.7 Å². The third kappa shape index (κ3) is 7.55. The number of pyridine rings is 1. The number of carbonyl (C=O) groups excluding carboxylic acids is 2. The molecule has 1 unspecified atom stereocenters. The maximum absolute atomic E-state index is 12.8. The number of ether oxygens (including phenoxy) is 2. The normalized spacial score (nSPS) is 11.6. The lowest BCUT2D eigenvalue weighted by Crippen LogP contribution is -2.41. The van der Waals surface area contributed by atoms with Gasteiger partial charge in [-0.15, -0.1) is 0 Å². The summed E-state index contributed by atoms with van der Waals surface area (Å²) in [6.07, 6.45) is 1.67. The fourth-order valence-corrected chi connectivity index (χ4v) is 3.30. The van der Waals surface area contributed by atoms with Crippen molar-refractivity contribution in [1.82, 2.24) is 9.88 Å². The van der Waals surface area contributed by atoms with Gasteiger partial charge in [-0.3, -0.25) is 19.0 Å². The number of anilines is 1. The summed E-state index contributed by atoms with van der Waals surface area (Å²) in [4.78, 5) is 37.4. The fourth-order valence-electron chi connectivity index (χ4n) is 3.17. The highest BCUT2D eigenvalue weighted by Crippen LogP contribution is 2.14. The van der Waals surface area contributed by atoms with Crippen LogP contribution in [-0.4, -0.2) is 49.4 Å². The van der Waals surface area contributed by atoms with Gasteiger partial charge in [0, 0.05) is 47.8 Å². The van der Waals surface area contributed by atoms with E-state index in [1.165, 1.54) is 10.6 Å². The van der Waals surface area contributed by atoms with Crippen LogP contribution in [0.1, 0.15) is 16.8 Å². The number of halogens is 1. The van der Waals surface area contributed by atoms with E-state index in [4.69, 9.17) is 21.1 Å². The van der Waals surface area contributed by atoms with Crippen molar-refractivity contribution in [3.63, 3.8) is 0 Å². The average molecular weight is 484 g/mol. The largest absolute Gasteiger partial charge is 0.382 e. The lowest BCUT2D eigenvalue weighted by Gasteiger charge is -2.19. The molecular weight excluding hydrogens is 458 g/mol. The van der Waals surface area contributed by atoms with Crippen LogP contribution in [0.5, 0.6) is 0 Å². The number of rotatable bonds is 11. The van der Waals surface area contributed by atoms with E-state index in [2.05, 4.69) is 10.6 Å². The van der Waals surface area contributed by atoms with Crippen LogP contribution in [0.25, 0.3) is 5.69 Å². The van der Waals surface area contributed by atoms with Gasteiger partial charge in [0.05, 0.1) is 25.9 Å². The molecule has 3 rings (SSSR count). The van der Waals surface area contributed by atoms with Crippen LogP contribution >= 0.6 is 11.6 Å². The van der Waals surface area contributed by atoms with E-state index < -0.39 is 6.04 Å². The van der Waals surface area contributed by atoms with E-state index in [1.54, 1.807) is 74.0 Å². The summed E-state index contributed by atoms with van der Waals surface area (Å²) in [6.45, 7) is 0.876. The van der Waals surface area contributed by atoms with Crippen molar-refractivity contribution in [1.29, 1.82) is 0 Å². The molecule has 0 saturated carbocycles. The molecule has 8 nitrogen and oxygen atoms in total. The number of amides is 2.